The van der Waals surface area contributed by atoms with Gasteiger partial charge in [-0.15, -0.1) is 0 Å². The Balaban J connectivity index is 2.39. The summed E-state index contributed by atoms with van der Waals surface area (Å²) in [6.45, 7) is 8.40. The van der Waals surface area contributed by atoms with Gasteiger partial charge in [0.15, 0.2) is 0 Å². The predicted molar refractivity (Wildman–Crippen MR) is 89.1 cm³/mol. The van der Waals surface area contributed by atoms with Gasteiger partial charge in [0.25, 0.3) is 0 Å². The Hall–Kier alpha value is -0.810. The Morgan fingerprint density at radius 1 is 1.32 bits per heavy atom. The van der Waals surface area contributed by atoms with Crippen LogP contribution in [0.1, 0.15) is 66.2 Å². The monoisotopic (exact) mass is 314 g/mol. The van der Waals surface area contributed by atoms with Gasteiger partial charge in [-0.2, -0.15) is 0 Å². The summed E-state index contributed by atoms with van der Waals surface area (Å²) in [6.07, 6.45) is 6.77. The summed E-state index contributed by atoms with van der Waals surface area (Å²) < 4.78 is 10.8. The molecule has 3 atom stereocenters. The first kappa shape index (κ1) is 19.2. The van der Waals surface area contributed by atoms with Crippen LogP contribution in [0.25, 0.3) is 0 Å². The number of amides is 1. The molecule has 0 saturated heterocycles. The van der Waals surface area contributed by atoms with Gasteiger partial charge in [0, 0.05) is 25.7 Å². The fourth-order valence-corrected chi connectivity index (χ4v) is 2.96. The highest BCUT2D eigenvalue weighted by atomic mass is 16.6. The topological polar surface area (TPSA) is 59.6 Å². The molecule has 0 bridgehead atoms. The molecule has 0 spiro atoms. The lowest BCUT2D eigenvalue weighted by Crippen LogP contribution is -2.48. The molecule has 1 aliphatic carbocycles. The van der Waals surface area contributed by atoms with Gasteiger partial charge in [0.05, 0.1) is 6.10 Å². The van der Waals surface area contributed by atoms with E-state index >= 15 is 0 Å². The smallest absolute Gasteiger partial charge is 0.407 e. The van der Waals surface area contributed by atoms with Crippen LogP contribution in [0.2, 0.25) is 0 Å². The summed E-state index contributed by atoms with van der Waals surface area (Å²) in [6, 6.07) is 0.772. The first-order valence-corrected chi connectivity index (χ1v) is 8.59. The Bertz CT molecular complexity index is 328. The SMILES string of the molecule is CCCC(CNC(=O)OC(C)(C)C)NC1CCCC(OC)C1. The van der Waals surface area contributed by atoms with E-state index in [2.05, 4.69) is 17.6 Å². The lowest BCUT2D eigenvalue weighted by atomic mass is 9.92. The summed E-state index contributed by atoms with van der Waals surface area (Å²) in [5, 5.41) is 6.57. The minimum absolute atomic E-state index is 0.290. The molecule has 3 unspecified atom stereocenters. The van der Waals surface area contributed by atoms with Gasteiger partial charge in [0.1, 0.15) is 5.60 Å². The maximum atomic E-state index is 11.8. The second-order valence-corrected chi connectivity index (χ2v) is 7.26. The molecular formula is C17H34N2O3. The molecule has 0 aliphatic heterocycles. The third-order valence-electron chi connectivity index (χ3n) is 3.96. The van der Waals surface area contributed by atoms with Crippen LogP contribution in [0.4, 0.5) is 4.79 Å². The van der Waals surface area contributed by atoms with Crippen LogP contribution in [0.5, 0.6) is 0 Å². The zero-order valence-electron chi connectivity index (χ0n) is 14.9. The lowest BCUT2D eigenvalue weighted by Gasteiger charge is -2.32. The zero-order valence-corrected chi connectivity index (χ0v) is 14.9. The quantitative estimate of drug-likeness (QED) is 0.757. The van der Waals surface area contributed by atoms with Crippen molar-refractivity contribution in [3.8, 4) is 0 Å². The van der Waals surface area contributed by atoms with Gasteiger partial charge in [0.2, 0.25) is 0 Å². The van der Waals surface area contributed by atoms with E-state index in [1.165, 1.54) is 12.8 Å². The Kier molecular flexibility index (Phi) is 8.18. The number of hydrogen-bond donors (Lipinski definition) is 2. The fourth-order valence-electron chi connectivity index (χ4n) is 2.96. The minimum Gasteiger partial charge on any atom is -0.444 e. The van der Waals surface area contributed by atoms with E-state index in [1.54, 1.807) is 7.11 Å². The van der Waals surface area contributed by atoms with Gasteiger partial charge >= 0.3 is 6.09 Å². The fraction of sp³-hybridized carbons (Fsp3) is 0.941. The highest BCUT2D eigenvalue weighted by Gasteiger charge is 2.24. The summed E-state index contributed by atoms with van der Waals surface area (Å²) in [5.41, 5.74) is -0.452. The van der Waals surface area contributed by atoms with Crippen molar-refractivity contribution >= 4 is 6.09 Å². The molecule has 2 N–H and O–H groups in total. The zero-order chi connectivity index (χ0) is 16.6. The lowest BCUT2D eigenvalue weighted by molar-refractivity contribution is 0.0497. The number of alkyl carbamates (subject to hydrolysis) is 1. The Morgan fingerprint density at radius 3 is 2.64 bits per heavy atom. The van der Waals surface area contributed by atoms with Gasteiger partial charge in [-0.25, -0.2) is 4.79 Å². The maximum absolute atomic E-state index is 11.8. The van der Waals surface area contributed by atoms with E-state index in [0.29, 0.717) is 18.7 Å². The molecule has 0 radical (unpaired) electrons. The first-order valence-electron chi connectivity index (χ1n) is 8.59. The Morgan fingerprint density at radius 2 is 2.05 bits per heavy atom. The first-order chi connectivity index (χ1) is 10.3. The second-order valence-electron chi connectivity index (χ2n) is 7.26. The summed E-state index contributed by atoms with van der Waals surface area (Å²) >= 11 is 0. The van der Waals surface area contributed by atoms with Crippen LogP contribution in [-0.2, 0) is 9.47 Å². The van der Waals surface area contributed by atoms with Gasteiger partial charge in [-0.1, -0.05) is 13.3 Å². The number of carbonyl (C=O) groups is 1. The molecule has 0 aromatic carbocycles. The average molecular weight is 314 g/mol. The maximum Gasteiger partial charge on any atom is 0.407 e. The highest BCUT2D eigenvalue weighted by molar-refractivity contribution is 5.67. The third-order valence-corrected chi connectivity index (χ3v) is 3.96. The molecule has 1 fully saturated rings. The van der Waals surface area contributed by atoms with Crippen molar-refractivity contribution in [2.45, 2.75) is 90.0 Å². The molecule has 0 heterocycles. The largest absolute Gasteiger partial charge is 0.444 e. The van der Waals surface area contributed by atoms with Gasteiger partial charge < -0.3 is 20.1 Å². The van der Waals surface area contributed by atoms with E-state index in [4.69, 9.17) is 9.47 Å². The van der Waals surface area contributed by atoms with Crippen molar-refractivity contribution in [1.82, 2.24) is 10.6 Å². The molecule has 0 aromatic rings. The normalized spacial score (nSPS) is 23.9. The van der Waals surface area contributed by atoms with E-state index < -0.39 is 5.60 Å². The van der Waals surface area contributed by atoms with Crippen molar-refractivity contribution in [3.63, 3.8) is 0 Å². The predicted octanol–water partition coefficient (Wildman–Crippen LogP) is 3.23. The third kappa shape index (κ3) is 7.99. The standard InChI is InChI=1S/C17H34N2O3/c1-6-8-14(12-18-16(20)22-17(2,3)4)19-13-9-7-10-15(11-13)21-5/h13-15,19H,6-12H2,1-5H3,(H,18,20). The Labute approximate surface area is 135 Å². The van der Waals surface area contributed by atoms with Crippen LogP contribution in [0.15, 0.2) is 0 Å². The molecule has 22 heavy (non-hydrogen) atoms. The van der Waals surface area contributed by atoms with Crippen LogP contribution in [0.3, 0.4) is 0 Å². The minimum atomic E-state index is -0.452. The number of methoxy groups -OCH3 is 1. The highest BCUT2D eigenvalue weighted by Crippen LogP contribution is 2.21. The van der Waals surface area contributed by atoms with Crippen molar-refractivity contribution in [1.29, 1.82) is 0 Å². The van der Waals surface area contributed by atoms with E-state index in [-0.39, 0.29) is 12.1 Å². The van der Waals surface area contributed by atoms with Crippen LogP contribution in [0, 0.1) is 0 Å². The van der Waals surface area contributed by atoms with Crippen molar-refractivity contribution < 1.29 is 14.3 Å². The molecule has 0 aromatic heterocycles. The molecule has 5 heteroatoms. The van der Waals surface area contributed by atoms with Crippen LogP contribution in [-0.4, -0.2) is 43.5 Å². The van der Waals surface area contributed by atoms with Crippen LogP contribution < -0.4 is 10.6 Å². The number of hydrogen-bond acceptors (Lipinski definition) is 4. The molecule has 1 rings (SSSR count). The summed E-state index contributed by atoms with van der Waals surface area (Å²) in [5.74, 6) is 0. The number of rotatable bonds is 7. The second kappa shape index (κ2) is 9.36. The van der Waals surface area contributed by atoms with Gasteiger partial charge in [-0.3, -0.25) is 0 Å². The summed E-state index contributed by atoms with van der Waals surface area (Å²) in [7, 11) is 1.79. The molecular weight excluding hydrogens is 280 g/mol. The molecule has 1 saturated carbocycles. The average Bonchev–Trinajstić information content (AvgIpc) is 2.43. The molecule has 1 amide bonds. The van der Waals surface area contributed by atoms with Crippen molar-refractivity contribution in [2.75, 3.05) is 13.7 Å². The van der Waals surface area contributed by atoms with Crippen molar-refractivity contribution in [3.05, 3.63) is 0 Å². The van der Waals surface area contributed by atoms with Crippen LogP contribution >= 0.6 is 0 Å². The molecule has 130 valence electrons. The van der Waals surface area contributed by atoms with E-state index in [9.17, 15) is 4.79 Å². The van der Waals surface area contributed by atoms with E-state index in [0.717, 1.165) is 25.7 Å². The molecule has 5 nitrogen and oxygen atoms in total. The summed E-state index contributed by atoms with van der Waals surface area (Å²) in [4.78, 5) is 11.8. The molecule has 1 aliphatic rings. The van der Waals surface area contributed by atoms with E-state index in [1.807, 2.05) is 20.8 Å². The number of nitrogens with one attached hydrogen (secondary N) is 2. The van der Waals surface area contributed by atoms with Crippen molar-refractivity contribution in [2.24, 2.45) is 0 Å². The number of ether oxygens (including phenoxy) is 2. The number of carbonyl (C=O) groups excluding carboxylic acids is 1. The van der Waals surface area contributed by atoms with Gasteiger partial charge in [-0.05, 0) is 52.9 Å².